The number of fused-ring (bicyclic) bond motifs is 1. The third kappa shape index (κ3) is 7.19. The first-order valence-electron chi connectivity index (χ1n) is 12.5. The second kappa shape index (κ2) is 12.9. The number of hydrogen-bond acceptors (Lipinski definition) is 6. The minimum Gasteiger partial charge on any atom is -0.480 e. The van der Waals surface area contributed by atoms with Gasteiger partial charge in [0.15, 0.2) is 0 Å². The molecule has 1 aromatic carbocycles. The number of nitrogens with one attached hydrogen (secondary N) is 5. The monoisotopic (exact) mass is 525 g/mol. The highest BCUT2D eigenvalue weighted by molar-refractivity contribution is 5.94. The average Bonchev–Trinajstić information content (AvgIpc) is 3.55. The number of benzene rings is 1. The molecule has 5 unspecified atom stereocenters. The lowest BCUT2D eigenvalue weighted by atomic mass is 9.99. The molecular weight excluding hydrogens is 490 g/mol. The fourth-order valence-electron chi connectivity index (χ4n) is 4.08. The maximum absolute atomic E-state index is 13.3. The first kappa shape index (κ1) is 28.4. The van der Waals surface area contributed by atoms with Crippen LogP contribution in [0.25, 0.3) is 10.9 Å². The summed E-state index contributed by atoms with van der Waals surface area (Å²) in [6, 6.07) is 3.43. The number of nitrogens with zero attached hydrogens (tertiary/aromatic N) is 1. The molecule has 0 saturated carbocycles. The first-order chi connectivity index (χ1) is 18.1. The van der Waals surface area contributed by atoms with E-state index in [0.29, 0.717) is 12.1 Å². The second-order valence-corrected chi connectivity index (χ2v) is 9.45. The summed E-state index contributed by atoms with van der Waals surface area (Å²) in [4.78, 5) is 60.5. The number of rotatable bonds is 13. The topological polar surface area (TPSA) is 195 Å². The Labute approximate surface area is 220 Å². The van der Waals surface area contributed by atoms with Crippen LogP contribution in [-0.4, -0.2) is 67.9 Å². The molecule has 12 heteroatoms. The maximum Gasteiger partial charge on any atom is 0.326 e. The van der Waals surface area contributed by atoms with Crippen molar-refractivity contribution in [1.29, 1.82) is 0 Å². The molecule has 2 aromatic heterocycles. The number of aromatic amines is 2. The van der Waals surface area contributed by atoms with Gasteiger partial charge >= 0.3 is 5.97 Å². The Morgan fingerprint density at radius 2 is 1.74 bits per heavy atom. The molecule has 0 spiro atoms. The summed E-state index contributed by atoms with van der Waals surface area (Å²) in [6.45, 7) is 5.01. The molecule has 0 saturated heterocycles. The Morgan fingerprint density at radius 1 is 1.00 bits per heavy atom. The molecule has 3 amide bonds. The minimum absolute atomic E-state index is 0.136. The Kier molecular flexibility index (Phi) is 9.61. The number of aromatic nitrogens is 3. The van der Waals surface area contributed by atoms with Crippen LogP contribution in [0.5, 0.6) is 0 Å². The van der Waals surface area contributed by atoms with Gasteiger partial charge in [0.25, 0.3) is 0 Å². The van der Waals surface area contributed by atoms with Gasteiger partial charge in [0.2, 0.25) is 17.7 Å². The second-order valence-electron chi connectivity index (χ2n) is 9.45. The SMILES string of the molecule is CCC(C)C(NC(=O)C(C)NC(=O)C(Cc1c[nH]c2ccccc12)NC(=O)C(N)Cc1cnc[nH]1)C(=O)O. The van der Waals surface area contributed by atoms with Crippen molar-refractivity contribution in [2.45, 2.75) is 64.2 Å². The van der Waals surface area contributed by atoms with Gasteiger partial charge in [0, 0.05) is 41.8 Å². The van der Waals surface area contributed by atoms with E-state index in [2.05, 4.69) is 30.9 Å². The van der Waals surface area contributed by atoms with Gasteiger partial charge in [-0.3, -0.25) is 14.4 Å². The van der Waals surface area contributed by atoms with Crippen LogP contribution in [0.4, 0.5) is 0 Å². The molecule has 3 rings (SSSR count). The van der Waals surface area contributed by atoms with Gasteiger partial charge in [-0.1, -0.05) is 38.5 Å². The summed E-state index contributed by atoms with van der Waals surface area (Å²) in [5.74, 6) is -3.24. The van der Waals surface area contributed by atoms with E-state index in [4.69, 9.17) is 5.73 Å². The van der Waals surface area contributed by atoms with Gasteiger partial charge in [0.05, 0.1) is 12.4 Å². The van der Waals surface area contributed by atoms with Crippen molar-refractivity contribution in [2.75, 3.05) is 0 Å². The molecule has 204 valence electrons. The van der Waals surface area contributed by atoms with E-state index in [1.54, 1.807) is 19.3 Å². The smallest absolute Gasteiger partial charge is 0.326 e. The fourth-order valence-corrected chi connectivity index (χ4v) is 4.08. The van der Waals surface area contributed by atoms with E-state index < -0.39 is 47.9 Å². The number of imidazole rings is 1. The van der Waals surface area contributed by atoms with Gasteiger partial charge in [-0.05, 0) is 24.5 Å². The van der Waals surface area contributed by atoms with E-state index in [1.165, 1.54) is 13.3 Å². The summed E-state index contributed by atoms with van der Waals surface area (Å²) in [6.07, 6.45) is 5.69. The van der Waals surface area contributed by atoms with Crippen LogP contribution < -0.4 is 21.7 Å². The highest BCUT2D eigenvalue weighted by Crippen LogP contribution is 2.19. The van der Waals surface area contributed by atoms with Crippen molar-refractivity contribution < 1.29 is 24.3 Å². The number of carbonyl (C=O) groups excluding carboxylic acids is 3. The molecule has 8 N–H and O–H groups in total. The van der Waals surface area contributed by atoms with Crippen LogP contribution in [-0.2, 0) is 32.0 Å². The average molecular weight is 526 g/mol. The van der Waals surface area contributed by atoms with Gasteiger partial charge in [0.1, 0.15) is 18.1 Å². The number of nitrogens with two attached hydrogens (primary N) is 1. The van der Waals surface area contributed by atoms with Crippen LogP contribution in [0.1, 0.15) is 38.4 Å². The van der Waals surface area contributed by atoms with Gasteiger partial charge in [-0.2, -0.15) is 0 Å². The van der Waals surface area contributed by atoms with Crippen molar-refractivity contribution in [3.8, 4) is 0 Å². The normalized spacial score (nSPS) is 15.2. The van der Waals surface area contributed by atoms with Gasteiger partial charge in [-0.25, -0.2) is 9.78 Å². The predicted molar refractivity (Wildman–Crippen MR) is 141 cm³/mol. The molecule has 3 aromatic rings. The van der Waals surface area contributed by atoms with Crippen molar-refractivity contribution >= 4 is 34.6 Å². The van der Waals surface area contributed by atoms with Crippen LogP contribution in [0, 0.1) is 5.92 Å². The zero-order chi connectivity index (χ0) is 27.8. The third-order valence-electron chi connectivity index (χ3n) is 6.59. The maximum atomic E-state index is 13.3. The predicted octanol–water partition coefficient (Wildman–Crippen LogP) is 0.609. The zero-order valence-corrected chi connectivity index (χ0v) is 21.7. The highest BCUT2D eigenvalue weighted by atomic mass is 16.4. The molecule has 12 nitrogen and oxygen atoms in total. The number of carboxylic acid groups (broad SMARTS) is 1. The number of hydrogen-bond donors (Lipinski definition) is 7. The minimum atomic E-state index is -1.15. The van der Waals surface area contributed by atoms with Crippen molar-refractivity contribution in [2.24, 2.45) is 11.7 Å². The molecule has 0 radical (unpaired) electrons. The Hall–Kier alpha value is -4.19. The van der Waals surface area contributed by atoms with E-state index in [9.17, 15) is 24.3 Å². The lowest BCUT2D eigenvalue weighted by molar-refractivity contribution is -0.143. The highest BCUT2D eigenvalue weighted by Gasteiger charge is 2.30. The lowest BCUT2D eigenvalue weighted by Gasteiger charge is -2.25. The molecule has 38 heavy (non-hydrogen) atoms. The number of aliphatic carboxylic acids is 1. The van der Waals surface area contributed by atoms with Crippen LogP contribution in [0.15, 0.2) is 43.0 Å². The van der Waals surface area contributed by atoms with E-state index in [-0.39, 0.29) is 18.8 Å². The molecule has 0 aliphatic heterocycles. The van der Waals surface area contributed by atoms with Gasteiger partial charge in [-0.15, -0.1) is 0 Å². The number of para-hydroxylation sites is 1. The number of carboxylic acids is 1. The number of carbonyl (C=O) groups is 4. The third-order valence-corrected chi connectivity index (χ3v) is 6.59. The Morgan fingerprint density at radius 3 is 2.39 bits per heavy atom. The molecule has 0 fully saturated rings. The summed E-state index contributed by atoms with van der Waals surface area (Å²) in [5, 5.41) is 18.2. The molecular formula is C26H35N7O5. The van der Waals surface area contributed by atoms with Gasteiger partial charge < -0.3 is 36.8 Å². The molecule has 0 bridgehead atoms. The largest absolute Gasteiger partial charge is 0.480 e. The summed E-state index contributed by atoms with van der Waals surface area (Å²) < 4.78 is 0. The summed E-state index contributed by atoms with van der Waals surface area (Å²) in [7, 11) is 0. The van der Waals surface area contributed by atoms with E-state index >= 15 is 0 Å². The van der Waals surface area contributed by atoms with Crippen LogP contribution >= 0.6 is 0 Å². The number of H-pyrrole nitrogens is 2. The molecule has 0 aliphatic carbocycles. The molecule has 2 heterocycles. The zero-order valence-electron chi connectivity index (χ0n) is 21.7. The van der Waals surface area contributed by atoms with E-state index in [1.807, 2.05) is 31.2 Å². The summed E-state index contributed by atoms with van der Waals surface area (Å²) in [5.41, 5.74) is 8.42. The standard InChI is InChI=1S/C26H35N7O5/c1-4-14(2)22(26(37)38)33-23(34)15(3)31-25(36)21(9-16-11-29-20-8-6-5-7-18(16)20)32-24(35)19(27)10-17-12-28-13-30-17/h5-8,11-15,19,21-22,29H,4,9-10,27H2,1-3H3,(H,28,30)(H,31,36)(H,32,35)(H,33,34)(H,37,38). The van der Waals surface area contributed by atoms with Crippen LogP contribution in [0.3, 0.4) is 0 Å². The Bertz CT molecular complexity index is 1260. The first-order valence-corrected chi connectivity index (χ1v) is 12.5. The molecule has 0 aliphatic rings. The quantitative estimate of drug-likeness (QED) is 0.170. The van der Waals surface area contributed by atoms with E-state index in [0.717, 1.165) is 16.5 Å². The summed E-state index contributed by atoms with van der Waals surface area (Å²) >= 11 is 0. The fraction of sp³-hybridized carbons (Fsp3) is 0.423. The number of amides is 3. The van der Waals surface area contributed by atoms with Crippen molar-refractivity contribution in [3.05, 3.63) is 54.2 Å². The van der Waals surface area contributed by atoms with Crippen LogP contribution in [0.2, 0.25) is 0 Å². The van der Waals surface area contributed by atoms with Crippen molar-refractivity contribution in [3.63, 3.8) is 0 Å². The van der Waals surface area contributed by atoms with Crippen molar-refractivity contribution in [1.82, 2.24) is 30.9 Å². The Balaban J connectivity index is 1.74. The molecule has 5 atom stereocenters. The lowest BCUT2D eigenvalue weighted by Crippen LogP contribution is -2.57.